The first-order valence-electron chi connectivity index (χ1n) is 14.2. The number of primary amides is 1. The van der Waals surface area contributed by atoms with Crippen LogP contribution in [-0.2, 0) is 9.53 Å². The number of anilines is 3. The lowest BCUT2D eigenvalue weighted by Crippen LogP contribution is -2.56. The molecule has 2 aromatic heterocycles. The molecule has 0 bridgehead atoms. The second-order valence-corrected chi connectivity index (χ2v) is 11.9. The number of hydrogen-bond donors (Lipinski definition) is 1. The number of hydrogen-bond acceptors (Lipinski definition) is 7. The minimum absolute atomic E-state index is 0.0228. The molecular weight excluding hydrogens is 566 g/mol. The monoisotopic (exact) mass is 599 g/mol. The predicted molar refractivity (Wildman–Crippen MR) is 166 cm³/mol. The summed E-state index contributed by atoms with van der Waals surface area (Å²) >= 11 is 1.18. The zero-order valence-corrected chi connectivity index (χ0v) is 25.1. The Kier molecular flexibility index (Phi) is 7.76. The molecule has 1 fully saturated rings. The molecule has 4 amide bonds. The van der Waals surface area contributed by atoms with Gasteiger partial charge in [-0.25, -0.2) is 9.78 Å². The zero-order valence-electron chi connectivity index (χ0n) is 24.3. The Balaban J connectivity index is 1.43. The topological polar surface area (TPSA) is 118 Å². The van der Waals surface area contributed by atoms with E-state index in [9.17, 15) is 14.4 Å². The van der Waals surface area contributed by atoms with Crippen LogP contribution in [0.3, 0.4) is 0 Å². The van der Waals surface area contributed by atoms with Gasteiger partial charge in [0.15, 0.2) is 0 Å². The van der Waals surface area contributed by atoms with E-state index in [1.807, 2.05) is 62.4 Å². The normalized spacial score (nSPS) is 17.3. The molecule has 43 heavy (non-hydrogen) atoms. The van der Waals surface area contributed by atoms with Gasteiger partial charge in [0.05, 0.1) is 41.0 Å². The van der Waals surface area contributed by atoms with Crippen molar-refractivity contribution < 1.29 is 23.9 Å². The third-order valence-electron chi connectivity index (χ3n) is 7.95. The summed E-state index contributed by atoms with van der Waals surface area (Å²) in [5.41, 5.74) is 8.47. The van der Waals surface area contributed by atoms with Gasteiger partial charge in [0, 0.05) is 26.4 Å². The number of methoxy groups -OCH3 is 1. The van der Waals surface area contributed by atoms with E-state index in [1.54, 1.807) is 34.1 Å². The second-order valence-electron chi connectivity index (χ2n) is 10.9. The summed E-state index contributed by atoms with van der Waals surface area (Å²) in [4.78, 5) is 51.2. The van der Waals surface area contributed by atoms with Gasteiger partial charge in [-0.3, -0.25) is 19.4 Å². The third kappa shape index (κ3) is 5.19. The number of rotatable bonds is 8. The Morgan fingerprint density at radius 3 is 2.63 bits per heavy atom. The Morgan fingerprint density at radius 2 is 1.91 bits per heavy atom. The lowest BCUT2D eigenvalue weighted by molar-refractivity contribution is -0.137. The first-order chi connectivity index (χ1) is 20.8. The van der Waals surface area contributed by atoms with E-state index in [0.29, 0.717) is 71.3 Å². The lowest BCUT2D eigenvalue weighted by atomic mass is 9.99. The molecule has 0 spiro atoms. The van der Waals surface area contributed by atoms with Crippen LogP contribution in [0.15, 0.2) is 60.8 Å². The minimum Gasteiger partial charge on any atom is -0.457 e. The summed E-state index contributed by atoms with van der Waals surface area (Å²) in [6.07, 6.45) is 3.01. The van der Waals surface area contributed by atoms with Gasteiger partial charge in [0.2, 0.25) is 5.91 Å². The van der Waals surface area contributed by atoms with Crippen molar-refractivity contribution >= 4 is 56.5 Å². The number of thiophene rings is 1. The zero-order chi connectivity index (χ0) is 30.2. The van der Waals surface area contributed by atoms with E-state index in [-0.39, 0.29) is 28.8 Å². The smallest absolute Gasteiger partial charge is 0.334 e. The van der Waals surface area contributed by atoms with E-state index < -0.39 is 5.91 Å². The fourth-order valence-corrected chi connectivity index (χ4v) is 7.03. The van der Waals surface area contributed by atoms with Gasteiger partial charge < -0.3 is 20.1 Å². The number of nitrogens with zero attached hydrogens (tertiary/aromatic N) is 4. The summed E-state index contributed by atoms with van der Waals surface area (Å²) in [6.45, 7) is 5.01. The van der Waals surface area contributed by atoms with Gasteiger partial charge in [0.1, 0.15) is 21.2 Å². The van der Waals surface area contributed by atoms with Crippen molar-refractivity contribution in [3.63, 3.8) is 0 Å². The summed E-state index contributed by atoms with van der Waals surface area (Å²) in [6, 6.07) is 16.2. The van der Waals surface area contributed by atoms with Crippen LogP contribution < -0.4 is 20.3 Å². The molecular formula is C32H33N5O5S. The average Bonchev–Trinajstić information content (AvgIpc) is 3.39. The van der Waals surface area contributed by atoms with Crippen LogP contribution in [-0.4, -0.2) is 60.6 Å². The van der Waals surface area contributed by atoms with Crippen LogP contribution in [0.2, 0.25) is 0 Å². The molecule has 0 saturated carbocycles. The largest absolute Gasteiger partial charge is 0.457 e. The molecule has 2 aliphatic rings. The van der Waals surface area contributed by atoms with Crippen LogP contribution in [0.25, 0.3) is 10.2 Å². The maximum absolute atomic E-state index is 14.7. The SMILES string of the molecule is COC[C@H](C)C(=O)N1CCC[C@@H](N2C(=O)N(c3ccc(Oc4ccccc4)cc3C)c3ccnc4sc(C(N)=O)c2c34)C1. The molecule has 1 saturated heterocycles. The molecule has 0 aliphatic carbocycles. The molecule has 0 radical (unpaired) electrons. The Bertz CT molecular complexity index is 1710. The number of amides is 4. The number of nitrogens with two attached hydrogens (primary N) is 1. The molecule has 10 nitrogen and oxygen atoms in total. The number of carbonyl (C=O) groups is 3. The van der Waals surface area contributed by atoms with E-state index in [4.69, 9.17) is 15.2 Å². The minimum atomic E-state index is -0.619. The van der Waals surface area contributed by atoms with Crippen molar-refractivity contribution in [3.05, 3.63) is 71.2 Å². The summed E-state index contributed by atoms with van der Waals surface area (Å²) in [5, 5.41) is 0.695. The number of para-hydroxylation sites is 1. The molecule has 0 unspecified atom stereocenters. The van der Waals surface area contributed by atoms with E-state index in [1.165, 1.54) is 11.3 Å². The summed E-state index contributed by atoms with van der Waals surface area (Å²) in [5.74, 6) is 0.406. The number of pyridine rings is 1. The number of likely N-dealkylation sites (tertiary alicyclic amines) is 1. The first-order valence-corrected chi connectivity index (χ1v) is 15.1. The summed E-state index contributed by atoms with van der Waals surface area (Å²) < 4.78 is 11.3. The van der Waals surface area contributed by atoms with Gasteiger partial charge >= 0.3 is 6.03 Å². The quantitative estimate of drug-likeness (QED) is 0.272. The highest BCUT2D eigenvalue weighted by atomic mass is 32.1. The molecule has 6 rings (SSSR count). The lowest BCUT2D eigenvalue weighted by Gasteiger charge is -2.44. The van der Waals surface area contributed by atoms with Crippen molar-refractivity contribution in [1.82, 2.24) is 9.88 Å². The molecule has 222 valence electrons. The number of aryl methyl sites for hydroxylation is 1. The molecule has 2 N–H and O–H groups in total. The predicted octanol–water partition coefficient (Wildman–Crippen LogP) is 5.85. The fourth-order valence-electron chi connectivity index (χ4n) is 6.02. The third-order valence-corrected chi connectivity index (χ3v) is 9.05. The van der Waals surface area contributed by atoms with Crippen molar-refractivity contribution in [2.45, 2.75) is 32.7 Å². The number of carbonyl (C=O) groups excluding carboxylic acids is 3. The number of piperidine rings is 1. The van der Waals surface area contributed by atoms with Crippen molar-refractivity contribution in [3.8, 4) is 11.5 Å². The highest BCUT2D eigenvalue weighted by Gasteiger charge is 2.43. The van der Waals surface area contributed by atoms with Gasteiger partial charge in [-0.1, -0.05) is 25.1 Å². The van der Waals surface area contributed by atoms with Crippen LogP contribution >= 0.6 is 11.3 Å². The molecule has 2 aromatic carbocycles. The van der Waals surface area contributed by atoms with Crippen molar-refractivity contribution in [2.24, 2.45) is 11.7 Å². The first kappa shape index (κ1) is 28.6. The van der Waals surface area contributed by atoms with Gasteiger partial charge in [-0.05, 0) is 61.7 Å². The van der Waals surface area contributed by atoms with E-state index in [0.717, 1.165) is 5.56 Å². The molecule has 2 atom stereocenters. The number of benzene rings is 2. The Morgan fingerprint density at radius 1 is 1.12 bits per heavy atom. The van der Waals surface area contributed by atoms with Crippen molar-refractivity contribution in [2.75, 3.05) is 36.6 Å². The van der Waals surface area contributed by atoms with Gasteiger partial charge in [-0.15, -0.1) is 11.3 Å². The average molecular weight is 600 g/mol. The molecule has 4 heterocycles. The number of ether oxygens (including phenoxy) is 2. The molecule has 4 aromatic rings. The van der Waals surface area contributed by atoms with Gasteiger partial charge in [-0.2, -0.15) is 0 Å². The highest BCUT2D eigenvalue weighted by molar-refractivity contribution is 7.21. The van der Waals surface area contributed by atoms with Crippen molar-refractivity contribution in [1.29, 1.82) is 0 Å². The fraction of sp³-hybridized carbons (Fsp3) is 0.312. The molecule has 2 aliphatic heterocycles. The standard InChI is InChI=1S/C32H33N5O5S/c1-19-16-23(42-22-9-5-4-6-10-22)11-12-24(19)37-25-13-14-34-30-26(25)27(28(43-30)29(33)38)36(32(37)40)21-8-7-15-35(17-21)31(39)20(2)18-41-3/h4-6,9-14,16,20-21H,7-8,15,17-18H2,1-3H3,(H2,33,38)/t20-,21+/m0/s1. The van der Waals surface area contributed by atoms with Crippen LogP contribution in [0.5, 0.6) is 11.5 Å². The van der Waals surface area contributed by atoms with E-state index >= 15 is 0 Å². The maximum atomic E-state index is 14.7. The van der Waals surface area contributed by atoms with Gasteiger partial charge in [0.25, 0.3) is 5.91 Å². The molecule has 11 heteroatoms. The Hall–Kier alpha value is -4.48. The van der Waals surface area contributed by atoms with Crippen LogP contribution in [0.4, 0.5) is 21.9 Å². The van der Waals surface area contributed by atoms with Crippen LogP contribution in [0, 0.1) is 12.8 Å². The van der Waals surface area contributed by atoms with E-state index in [2.05, 4.69) is 4.98 Å². The van der Waals surface area contributed by atoms with Crippen LogP contribution in [0.1, 0.15) is 35.0 Å². The maximum Gasteiger partial charge on any atom is 0.334 e. The number of urea groups is 1. The number of aromatic nitrogens is 1. The Labute approximate surface area is 253 Å². The highest BCUT2D eigenvalue weighted by Crippen LogP contribution is 2.50. The summed E-state index contributed by atoms with van der Waals surface area (Å²) in [7, 11) is 1.57. The second kappa shape index (κ2) is 11.7.